The lowest BCUT2D eigenvalue weighted by Gasteiger charge is -2.09. The predicted molar refractivity (Wildman–Crippen MR) is 94.7 cm³/mol. The summed E-state index contributed by atoms with van der Waals surface area (Å²) in [6.45, 7) is 0. The van der Waals surface area contributed by atoms with E-state index in [9.17, 15) is 18.0 Å². The van der Waals surface area contributed by atoms with Crippen LogP contribution in [0.25, 0.3) is 23.2 Å². The number of hydrogen-bond acceptors (Lipinski definition) is 5. The van der Waals surface area contributed by atoms with Crippen molar-refractivity contribution in [3.05, 3.63) is 66.0 Å². The molecule has 29 heavy (non-hydrogen) atoms. The third kappa shape index (κ3) is 4.98. The molecule has 7 nitrogen and oxygen atoms in total. The van der Waals surface area contributed by atoms with Crippen molar-refractivity contribution >= 4 is 12.0 Å². The average molecular weight is 400 g/mol. The summed E-state index contributed by atoms with van der Waals surface area (Å²) in [7, 11) is 0. The number of nitrogens with zero attached hydrogens (tertiary/aromatic N) is 4. The summed E-state index contributed by atoms with van der Waals surface area (Å²) in [6.07, 6.45) is -2.12. The normalized spacial score (nSPS) is 11.7. The van der Waals surface area contributed by atoms with Gasteiger partial charge in [-0.1, -0.05) is 24.3 Å². The molecule has 10 heteroatoms. The highest BCUT2D eigenvalue weighted by atomic mass is 19.4. The number of alkyl halides is 3. The van der Waals surface area contributed by atoms with E-state index in [1.165, 1.54) is 41.4 Å². The third-order valence-electron chi connectivity index (χ3n) is 3.66. The Hall–Kier alpha value is -4.13. The molecule has 0 aliphatic heterocycles. The standard InChI is InChI=1S/C19H11F3N4O3/c20-19(21,22)29-16-7-5-15(6-8-16)26-11-24-17(25-26)13-3-1-12(2-4-13)9-14(10-23)18(27)28/h1-9,11H,(H,27,28)/b14-9+. The van der Waals surface area contributed by atoms with Gasteiger partial charge in [0.25, 0.3) is 0 Å². The summed E-state index contributed by atoms with van der Waals surface area (Å²) in [5.41, 5.74) is 1.25. The first-order valence-corrected chi connectivity index (χ1v) is 7.98. The Bertz CT molecular complexity index is 1100. The van der Waals surface area contributed by atoms with Crippen molar-refractivity contribution in [3.8, 4) is 28.9 Å². The quantitative estimate of drug-likeness (QED) is 0.516. The van der Waals surface area contributed by atoms with Crippen LogP contribution in [0.15, 0.2) is 60.4 Å². The largest absolute Gasteiger partial charge is 0.573 e. The highest BCUT2D eigenvalue weighted by Gasteiger charge is 2.31. The van der Waals surface area contributed by atoms with Crippen LogP contribution in [0.3, 0.4) is 0 Å². The number of carboxylic acid groups (broad SMARTS) is 1. The van der Waals surface area contributed by atoms with Gasteiger partial charge in [-0.2, -0.15) is 5.26 Å². The molecule has 0 amide bonds. The van der Waals surface area contributed by atoms with E-state index in [1.807, 2.05) is 0 Å². The Labute approximate surface area is 161 Å². The molecule has 0 saturated carbocycles. The zero-order chi connectivity index (χ0) is 21.0. The summed E-state index contributed by atoms with van der Waals surface area (Å²) < 4.78 is 41.9. The van der Waals surface area contributed by atoms with Crippen LogP contribution >= 0.6 is 0 Å². The molecule has 3 aromatic rings. The molecule has 0 aliphatic carbocycles. The van der Waals surface area contributed by atoms with Crippen molar-refractivity contribution < 1.29 is 27.8 Å². The minimum Gasteiger partial charge on any atom is -0.477 e. The minimum absolute atomic E-state index is 0.344. The molecule has 0 aliphatic rings. The van der Waals surface area contributed by atoms with Crippen LogP contribution in [0.1, 0.15) is 5.56 Å². The lowest BCUT2D eigenvalue weighted by molar-refractivity contribution is -0.274. The average Bonchev–Trinajstić information content (AvgIpc) is 3.16. The first-order chi connectivity index (χ1) is 13.7. The van der Waals surface area contributed by atoms with E-state index < -0.39 is 17.9 Å². The van der Waals surface area contributed by atoms with E-state index in [4.69, 9.17) is 10.4 Å². The van der Waals surface area contributed by atoms with Gasteiger partial charge in [-0.25, -0.2) is 14.5 Å². The van der Waals surface area contributed by atoms with Gasteiger partial charge in [-0.05, 0) is 35.9 Å². The maximum absolute atomic E-state index is 12.2. The van der Waals surface area contributed by atoms with Gasteiger partial charge in [0.15, 0.2) is 5.82 Å². The summed E-state index contributed by atoms with van der Waals surface area (Å²) in [5.74, 6) is -1.30. The van der Waals surface area contributed by atoms with Gasteiger partial charge in [-0.15, -0.1) is 18.3 Å². The summed E-state index contributed by atoms with van der Waals surface area (Å²) in [4.78, 5) is 15.0. The summed E-state index contributed by atoms with van der Waals surface area (Å²) >= 11 is 0. The molecule has 0 radical (unpaired) electrons. The van der Waals surface area contributed by atoms with E-state index in [0.717, 1.165) is 0 Å². The molecule has 2 aromatic carbocycles. The fourth-order valence-corrected chi connectivity index (χ4v) is 2.36. The Morgan fingerprint density at radius 2 is 1.79 bits per heavy atom. The molecule has 1 aromatic heterocycles. The van der Waals surface area contributed by atoms with Gasteiger partial charge >= 0.3 is 12.3 Å². The molecule has 0 bridgehead atoms. The maximum atomic E-state index is 12.2. The highest BCUT2D eigenvalue weighted by Crippen LogP contribution is 2.24. The topological polar surface area (TPSA) is 101 Å². The first-order valence-electron chi connectivity index (χ1n) is 7.98. The molecule has 0 atom stereocenters. The number of ether oxygens (including phenoxy) is 1. The smallest absolute Gasteiger partial charge is 0.477 e. The maximum Gasteiger partial charge on any atom is 0.573 e. The molecule has 0 fully saturated rings. The van der Waals surface area contributed by atoms with Crippen LogP contribution in [-0.4, -0.2) is 32.2 Å². The highest BCUT2D eigenvalue weighted by molar-refractivity contribution is 5.96. The van der Waals surface area contributed by atoms with E-state index in [-0.39, 0.29) is 5.75 Å². The summed E-state index contributed by atoms with van der Waals surface area (Å²) in [6, 6.07) is 13.3. The number of rotatable bonds is 5. The second kappa shape index (κ2) is 7.85. The first kappa shape index (κ1) is 19.6. The minimum atomic E-state index is -4.76. The molecular weight excluding hydrogens is 389 g/mol. The van der Waals surface area contributed by atoms with Gasteiger partial charge in [0.05, 0.1) is 5.69 Å². The Kier molecular flexibility index (Phi) is 5.32. The second-order valence-electron chi connectivity index (χ2n) is 5.65. The van der Waals surface area contributed by atoms with E-state index in [0.29, 0.717) is 22.6 Å². The van der Waals surface area contributed by atoms with Gasteiger partial charge in [0.2, 0.25) is 0 Å². The second-order valence-corrected chi connectivity index (χ2v) is 5.65. The summed E-state index contributed by atoms with van der Waals surface area (Å²) in [5, 5.41) is 21.9. The molecule has 146 valence electrons. The molecule has 0 saturated heterocycles. The molecule has 0 unspecified atom stereocenters. The van der Waals surface area contributed by atoms with Crippen molar-refractivity contribution in [2.75, 3.05) is 0 Å². The number of aromatic nitrogens is 3. The number of carbonyl (C=O) groups is 1. The molecule has 0 spiro atoms. The fraction of sp³-hybridized carbons (Fsp3) is 0.0526. The predicted octanol–water partition coefficient (Wildman–Crippen LogP) is 3.82. The SMILES string of the molecule is N#C/C(=C\c1ccc(-c2ncn(-c3ccc(OC(F)(F)F)cc3)n2)cc1)C(=O)O. The third-order valence-corrected chi connectivity index (χ3v) is 3.66. The number of nitriles is 1. The number of halogens is 3. The van der Waals surface area contributed by atoms with Crippen molar-refractivity contribution in [3.63, 3.8) is 0 Å². The molecule has 1 heterocycles. The van der Waals surface area contributed by atoms with Crippen LogP contribution in [0, 0.1) is 11.3 Å². The number of benzene rings is 2. The monoisotopic (exact) mass is 400 g/mol. The lowest BCUT2D eigenvalue weighted by Crippen LogP contribution is -2.17. The van der Waals surface area contributed by atoms with Crippen LogP contribution in [0.4, 0.5) is 13.2 Å². The lowest BCUT2D eigenvalue weighted by atomic mass is 10.1. The Morgan fingerprint density at radius 1 is 1.14 bits per heavy atom. The number of carboxylic acids is 1. The van der Waals surface area contributed by atoms with Gasteiger partial charge < -0.3 is 9.84 Å². The van der Waals surface area contributed by atoms with Gasteiger partial charge in [0.1, 0.15) is 23.7 Å². The molecular formula is C19H11F3N4O3. The Morgan fingerprint density at radius 3 is 2.34 bits per heavy atom. The van der Waals surface area contributed by atoms with Crippen LogP contribution in [0.5, 0.6) is 5.75 Å². The van der Waals surface area contributed by atoms with Crippen molar-refractivity contribution in [1.29, 1.82) is 5.26 Å². The van der Waals surface area contributed by atoms with E-state index in [1.54, 1.807) is 30.3 Å². The van der Waals surface area contributed by atoms with Crippen molar-refractivity contribution in [2.24, 2.45) is 0 Å². The fourth-order valence-electron chi connectivity index (χ4n) is 2.36. The molecule has 1 N–H and O–H groups in total. The van der Waals surface area contributed by atoms with Gasteiger partial charge in [0, 0.05) is 5.56 Å². The molecule has 3 rings (SSSR count). The van der Waals surface area contributed by atoms with Crippen LogP contribution < -0.4 is 4.74 Å². The van der Waals surface area contributed by atoms with E-state index in [2.05, 4.69) is 14.8 Å². The number of hydrogen-bond donors (Lipinski definition) is 1. The van der Waals surface area contributed by atoms with Gasteiger partial charge in [-0.3, -0.25) is 0 Å². The Balaban J connectivity index is 1.78. The van der Waals surface area contributed by atoms with Crippen molar-refractivity contribution in [2.45, 2.75) is 6.36 Å². The van der Waals surface area contributed by atoms with E-state index >= 15 is 0 Å². The zero-order valence-corrected chi connectivity index (χ0v) is 14.5. The number of aliphatic carboxylic acids is 1. The zero-order valence-electron chi connectivity index (χ0n) is 14.5. The van der Waals surface area contributed by atoms with Crippen LogP contribution in [-0.2, 0) is 4.79 Å². The van der Waals surface area contributed by atoms with Crippen LogP contribution in [0.2, 0.25) is 0 Å². The van der Waals surface area contributed by atoms with Crippen molar-refractivity contribution in [1.82, 2.24) is 14.8 Å².